The van der Waals surface area contributed by atoms with Crippen molar-refractivity contribution in [3.05, 3.63) is 0 Å². The molecule has 17 heavy (non-hydrogen) atoms. The molecule has 0 heterocycles. The Hall–Kier alpha value is 0.960. The van der Waals surface area contributed by atoms with Gasteiger partial charge in [-0.2, -0.15) is 8.42 Å². The molecule has 2 unspecified atom stereocenters. The maximum atomic E-state index is 10.7. The van der Waals surface area contributed by atoms with Gasteiger partial charge in [-0.25, -0.2) is 9.00 Å². The summed E-state index contributed by atoms with van der Waals surface area (Å²) in [5.41, 5.74) is 0. The number of hydrogen-bond donors (Lipinski definition) is 2. The van der Waals surface area contributed by atoms with Gasteiger partial charge >= 0.3 is 71.1 Å². The van der Waals surface area contributed by atoms with Gasteiger partial charge in [0.25, 0.3) is 10.1 Å². The monoisotopic (exact) mass is 309 g/mol. The average molecular weight is 309 g/mol. The molecule has 0 aromatic carbocycles. The summed E-state index contributed by atoms with van der Waals surface area (Å²) in [5.74, 6) is -3.60. The summed E-state index contributed by atoms with van der Waals surface area (Å²) in [6, 6.07) is 0. The van der Waals surface area contributed by atoms with Crippen LogP contribution in [0.3, 0.4) is 0 Å². The molecule has 0 aromatic heterocycles. The summed E-state index contributed by atoms with van der Waals surface area (Å²) in [6.45, 7) is 0. The summed E-state index contributed by atoms with van der Waals surface area (Å²) in [6.07, 6.45) is -1.30. The number of carboxylic acid groups (broad SMARTS) is 1. The molecule has 0 saturated heterocycles. The molecule has 0 amide bonds. The van der Waals surface area contributed by atoms with E-state index in [0.29, 0.717) is 0 Å². The number of carbonyl (C=O) groups excluding carboxylic acids is 1. The van der Waals surface area contributed by atoms with Gasteiger partial charge in [-0.3, -0.25) is 9.35 Å². The Balaban J connectivity index is -0.000000163. The van der Waals surface area contributed by atoms with E-state index in [9.17, 15) is 26.8 Å². The molecular formula is C4H7Na2O9S2-. The molecule has 0 fully saturated rings. The molecule has 0 aliphatic heterocycles. The van der Waals surface area contributed by atoms with E-state index in [0.717, 1.165) is 0 Å². The Kier molecular flexibility index (Phi) is 13.4. The molecule has 0 saturated carbocycles. The van der Waals surface area contributed by atoms with E-state index in [2.05, 4.69) is 4.18 Å². The predicted octanol–water partition coefficient (Wildman–Crippen LogP) is -7.71. The van der Waals surface area contributed by atoms with Crippen LogP contribution in [0.4, 0.5) is 0 Å². The van der Waals surface area contributed by atoms with Crippen molar-refractivity contribution in [3.8, 4) is 0 Å². The smallest absolute Gasteiger partial charge is 1.00 e. The fraction of sp³-hybridized carbons (Fsp3) is 0.500. The Morgan fingerprint density at radius 2 is 1.82 bits per heavy atom. The van der Waals surface area contributed by atoms with E-state index in [1.165, 1.54) is 0 Å². The summed E-state index contributed by atoms with van der Waals surface area (Å²) in [5, 5.41) is 5.73. The maximum absolute atomic E-state index is 10.7. The second kappa shape index (κ2) is 9.83. The Morgan fingerprint density at radius 3 is 2.06 bits per heavy atom. The first-order chi connectivity index (χ1) is 6.64. The van der Waals surface area contributed by atoms with Crippen molar-refractivity contribution in [2.24, 2.45) is 0 Å². The number of aliphatic carboxylic acids is 1. The van der Waals surface area contributed by atoms with Gasteiger partial charge in [0.05, 0.1) is 6.42 Å². The molecule has 0 rings (SSSR count). The molecule has 0 aromatic rings. The van der Waals surface area contributed by atoms with Crippen LogP contribution in [0.15, 0.2) is 0 Å². The van der Waals surface area contributed by atoms with E-state index in [1.807, 2.05) is 0 Å². The maximum Gasteiger partial charge on any atom is 1.00 e. The summed E-state index contributed by atoms with van der Waals surface area (Å²) in [7, 11) is -5.03. The molecule has 0 spiro atoms. The van der Waals surface area contributed by atoms with Gasteiger partial charge in [0, 0.05) is 0 Å². The summed E-state index contributed by atoms with van der Waals surface area (Å²) >= 11 is -3.33. The molecule has 0 aliphatic carbocycles. The van der Waals surface area contributed by atoms with Crippen molar-refractivity contribution in [1.29, 1.82) is 0 Å². The van der Waals surface area contributed by atoms with Crippen molar-refractivity contribution >= 4 is 33.4 Å². The molecule has 0 radical (unpaired) electrons. The van der Waals surface area contributed by atoms with Crippen LogP contribution in [0.2, 0.25) is 0 Å². The summed E-state index contributed by atoms with van der Waals surface area (Å²) < 4.78 is 52.5. The second-order valence-electron chi connectivity index (χ2n) is 2.21. The molecular weight excluding hydrogens is 302 g/mol. The molecule has 2 N–H and O–H groups in total. The van der Waals surface area contributed by atoms with Gasteiger partial charge in [0.1, 0.15) is 11.4 Å². The predicted molar refractivity (Wildman–Crippen MR) is 44.8 cm³/mol. The van der Waals surface area contributed by atoms with Crippen LogP contribution in [0.1, 0.15) is 9.27 Å². The minimum Gasteiger partial charge on any atom is -1.00 e. The van der Waals surface area contributed by atoms with E-state index in [4.69, 9.17) is 9.66 Å². The van der Waals surface area contributed by atoms with Crippen LogP contribution >= 0.6 is 0 Å². The molecule has 9 nitrogen and oxygen atoms in total. The van der Waals surface area contributed by atoms with E-state index >= 15 is 0 Å². The Bertz CT molecular complexity index is 399. The number of carbonyl (C=O) groups is 2. The van der Waals surface area contributed by atoms with Gasteiger partial charge in [-0.15, -0.1) is 0 Å². The zero-order valence-corrected chi connectivity index (χ0v) is 14.5. The van der Waals surface area contributed by atoms with Gasteiger partial charge in [-0.1, -0.05) is 0 Å². The Morgan fingerprint density at radius 1 is 1.41 bits per heavy atom. The zero-order chi connectivity index (χ0) is 12.2. The van der Waals surface area contributed by atoms with Crippen LogP contribution < -0.4 is 59.1 Å². The third-order valence-electron chi connectivity index (χ3n) is 1.13. The normalized spacial score (nSPS) is 13.5. The third-order valence-corrected chi connectivity index (χ3v) is 2.51. The SMILES string of the molecule is O=C(O)CC(C(=O)OS(=O)[O-])S(=O)(=O)O.[H-].[H-].[Na+].[Na+]. The van der Waals surface area contributed by atoms with Crippen molar-refractivity contribution in [2.75, 3.05) is 0 Å². The molecule has 92 valence electrons. The van der Waals surface area contributed by atoms with Crippen LogP contribution in [0.25, 0.3) is 0 Å². The average Bonchev–Trinajstić information content (AvgIpc) is 1.95. The minimum absolute atomic E-state index is 0. The van der Waals surface area contributed by atoms with Gasteiger partial charge in [0.2, 0.25) is 0 Å². The third kappa shape index (κ3) is 10.6. The molecule has 2 atom stereocenters. The van der Waals surface area contributed by atoms with Gasteiger partial charge < -0.3 is 16.7 Å². The number of hydrogen-bond acceptors (Lipinski definition) is 7. The van der Waals surface area contributed by atoms with E-state index in [-0.39, 0.29) is 62.0 Å². The Labute approximate surface area is 146 Å². The molecule has 0 aliphatic rings. The van der Waals surface area contributed by atoms with Crippen molar-refractivity contribution in [3.63, 3.8) is 0 Å². The van der Waals surface area contributed by atoms with Gasteiger partial charge in [-0.05, 0) is 0 Å². The minimum atomic E-state index is -5.03. The second-order valence-corrected chi connectivity index (χ2v) is 4.38. The van der Waals surface area contributed by atoms with Crippen molar-refractivity contribution in [2.45, 2.75) is 11.7 Å². The van der Waals surface area contributed by atoms with Crippen molar-refractivity contribution < 1.29 is 103 Å². The quantitative estimate of drug-likeness (QED) is 0.286. The largest absolute Gasteiger partial charge is 1.00 e. The first kappa shape index (κ1) is 23.1. The van der Waals surface area contributed by atoms with E-state index in [1.54, 1.807) is 0 Å². The van der Waals surface area contributed by atoms with Crippen molar-refractivity contribution in [1.82, 2.24) is 0 Å². The van der Waals surface area contributed by atoms with Crippen LogP contribution in [-0.4, -0.2) is 44.0 Å². The first-order valence-corrected chi connectivity index (χ1v) is 5.64. The topological polar surface area (TPSA) is 158 Å². The van der Waals surface area contributed by atoms with Crippen LogP contribution in [-0.2, 0) is 35.3 Å². The fourth-order valence-corrected chi connectivity index (χ4v) is 1.55. The molecule has 13 heteroatoms. The first-order valence-electron chi connectivity index (χ1n) is 3.14. The summed E-state index contributed by atoms with van der Waals surface area (Å²) in [4.78, 5) is 20.8. The van der Waals surface area contributed by atoms with Gasteiger partial charge in [0.15, 0.2) is 5.25 Å². The fourth-order valence-electron chi connectivity index (χ4n) is 0.590. The van der Waals surface area contributed by atoms with E-state index < -0.39 is 45.1 Å². The standard InChI is InChI=1S/C4H6O9S2.2Na.2H/c5-3(6)1-2(15(10,11)12)4(7)13-14(8)9;;;;/h2H,1H2,(H,5,6)(H,8,9)(H,10,11,12);;;;/q;2*+1;2*-1/p-1. The zero-order valence-electron chi connectivity index (χ0n) is 10.9. The van der Waals surface area contributed by atoms with Crippen LogP contribution in [0.5, 0.6) is 0 Å². The molecule has 0 bridgehead atoms. The number of rotatable bonds is 5. The van der Waals surface area contributed by atoms with Crippen LogP contribution in [0, 0.1) is 0 Å². The number of carboxylic acids is 1.